The van der Waals surface area contributed by atoms with Crippen molar-refractivity contribution in [3.8, 4) is 0 Å². The molecule has 2 aliphatic heterocycles. The molecule has 0 bridgehead atoms. The second kappa shape index (κ2) is 3.92. The van der Waals surface area contributed by atoms with Gasteiger partial charge in [0.1, 0.15) is 5.92 Å². The summed E-state index contributed by atoms with van der Waals surface area (Å²) in [6.45, 7) is 2.27. The Morgan fingerprint density at radius 2 is 2.29 bits per heavy atom. The van der Waals surface area contributed by atoms with E-state index in [2.05, 4.69) is 11.9 Å². The highest BCUT2D eigenvalue weighted by atomic mass is 32.2. The van der Waals surface area contributed by atoms with Crippen LogP contribution >= 0.6 is 24.0 Å². The van der Waals surface area contributed by atoms with E-state index in [1.807, 2.05) is 0 Å². The maximum Gasteiger partial charge on any atom is 0.242 e. The number of aliphatic imine (C=N–C) groups is 1. The monoisotopic (exact) mass is 266 g/mol. The molecule has 0 saturated carbocycles. The fourth-order valence-corrected chi connectivity index (χ4v) is 4.35. The van der Waals surface area contributed by atoms with Gasteiger partial charge in [0.2, 0.25) is 11.0 Å². The molecule has 90 valence electrons. The summed E-state index contributed by atoms with van der Waals surface area (Å²) in [5.74, 6) is 0.716. The standard InChI is InChI=1S/C12H14N2OS2/c1-6-3-4-7-8(5-6)17-10-9(7)11(15)14(2)12(16)13-10/h6,9H,3-5H2,1-2H3. The molecule has 0 aromatic heterocycles. The van der Waals surface area contributed by atoms with Crippen LogP contribution in [0, 0.1) is 11.8 Å². The predicted molar refractivity (Wildman–Crippen MR) is 73.9 cm³/mol. The van der Waals surface area contributed by atoms with Crippen LogP contribution < -0.4 is 0 Å². The van der Waals surface area contributed by atoms with Crippen molar-refractivity contribution in [1.82, 2.24) is 4.90 Å². The lowest BCUT2D eigenvalue weighted by Crippen LogP contribution is -2.42. The molecule has 0 fully saturated rings. The lowest BCUT2D eigenvalue weighted by molar-refractivity contribution is -0.127. The molecular weight excluding hydrogens is 252 g/mol. The van der Waals surface area contributed by atoms with Gasteiger partial charge in [-0.2, -0.15) is 0 Å². The Balaban J connectivity index is 2.01. The maximum absolute atomic E-state index is 12.3. The second-order valence-corrected chi connectivity index (χ2v) is 6.44. The third-order valence-corrected chi connectivity index (χ3v) is 5.27. The molecule has 0 spiro atoms. The molecule has 17 heavy (non-hydrogen) atoms. The number of allylic oxidation sites excluding steroid dienone is 1. The van der Waals surface area contributed by atoms with Crippen molar-refractivity contribution >= 4 is 40.0 Å². The molecule has 2 unspecified atom stereocenters. The Kier molecular flexibility index (Phi) is 2.63. The lowest BCUT2D eigenvalue weighted by Gasteiger charge is -2.27. The van der Waals surface area contributed by atoms with Gasteiger partial charge in [-0.3, -0.25) is 9.69 Å². The van der Waals surface area contributed by atoms with E-state index in [0.29, 0.717) is 5.11 Å². The van der Waals surface area contributed by atoms with Gasteiger partial charge in [-0.15, -0.1) is 0 Å². The smallest absolute Gasteiger partial charge is 0.242 e. The van der Waals surface area contributed by atoms with E-state index < -0.39 is 0 Å². The van der Waals surface area contributed by atoms with Gasteiger partial charge >= 0.3 is 0 Å². The Labute approximate surface area is 110 Å². The first kappa shape index (κ1) is 11.4. The number of thioether (sulfide) groups is 1. The Bertz CT molecular complexity index is 481. The summed E-state index contributed by atoms with van der Waals surface area (Å²) in [7, 11) is 1.72. The summed E-state index contributed by atoms with van der Waals surface area (Å²) in [5, 5.41) is 1.32. The van der Waals surface area contributed by atoms with E-state index in [-0.39, 0.29) is 11.8 Å². The summed E-state index contributed by atoms with van der Waals surface area (Å²) in [4.78, 5) is 19.5. The molecule has 1 aliphatic carbocycles. The first-order valence-electron chi connectivity index (χ1n) is 5.88. The highest BCUT2D eigenvalue weighted by molar-refractivity contribution is 8.17. The van der Waals surface area contributed by atoms with E-state index in [1.54, 1.807) is 18.8 Å². The van der Waals surface area contributed by atoms with Crippen molar-refractivity contribution in [2.24, 2.45) is 16.8 Å². The van der Waals surface area contributed by atoms with E-state index in [9.17, 15) is 4.79 Å². The van der Waals surface area contributed by atoms with Crippen molar-refractivity contribution in [3.05, 3.63) is 10.5 Å². The summed E-state index contributed by atoms with van der Waals surface area (Å²) in [6.07, 6.45) is 3.32. The third kappa shape index (κ3) is 1.67. The number of nitrogens with zero attached hydrogens (tertiary/aromatic N) is 2. The quantitative estimate of drug-likeness (QED) is 0.632. The van der Waals surface area contributed by atoms with Crippen LogP contribution in [0.25, 0.3) is 0 Å². The SMILES string of the molecule is CC1CCC2=C(C1)SC1=NC(=S)N(C)C(=O)C12. The van der Waals surface area contributed by atoms with Gasteiger partial charge in [0.05, 0.1) is 5.04 Å². The van der Waals surface area contributed by atoms with Gasteiger partial charge in [-0.05, 0) is 47.9 Å². The van der Waals surface area contributed by atoms with Gasteiger partial charge < -0.3 is 0 Å². The van der Waals surface area contributed by atoms with Crippen LogP contribution in [-0.2, 0) is 4.79 Å². The molecule has 0 aromatic carbocycles. The van der Waals surface area contributed by atoms with Gasteiger partial charge in [0.15, 0.2) is 0 Å². The van der Waals surface area contributed by atoms with Gasteiger partial charge in [-0.25, -0.2) is 4.99 Å². The number of carbonyl (C=O) groups excluding carboxylic acids is 1. The minimum Gasteiger partial charge on any atom is -0.290 e. The number of amides is 1. The fourth-order valence-electron chi connectivity index (χ4n) is 2.64. The molecule has 3 aliphatic rings. The number of thiocarbonyl (C=S) groups is 1. The zero-order valence-corrected chi connectivity index (χ0v) is 11.5. The number of carbonyl (C=O) groups is 1. The number of hydrogen-bond acceptors (Lipinski definition) is 3. The van der Waals surface area contributed by atoms with E-state index in [1.165, 1.54) is 21.8 Å². The summed E-state index contributed by atoms with van der Waals surface area (Å²) >= 11 is 6.79. The Morgan fingerprint density at radius 1 is 1.53 bits per heavy atom. The zero-order chi connectivity index (χ0) is 12.2. The second-order valence-electron chi connectivity index (χ2n) is 4.96. The first-order chi connectivity index (χ1) is 8.08. The third-order valence-electron chi connectivity index (χ3n) is 3.69. The normalized spacial score (nSPS) is 32.6. The molecule has 3 rings (SSSR count). The van der Waals surface area contributed by atoms with Gasteiger partial charge in [0.25, 0.3) is 0 Å². The molecule has 2 atom stereocenters. The van der Waals surface area contributed by atoms with Crippen molar-refractivity contribution in [2.45, 2.75) is 26.2 Å². The molecule has 2 heterocycles. The minimum absolute atomic E-state index is 0.104. The Morgan fingerprint density at radius 3 is 3.06 bits per heavy atom. The van der Waals surface area contributed by atoms with Crippen molar-refractivity contribution < 1.29 is 4.79 Å². The Hall–Kier alpha value is -0.680. The molecule has 1 amide bonds. The number of hydrogen-bond donors (Lipinski definition) is 0. The number of fused-ring (bicyclic) bond motifs is 2. The van der Waals surface area contributed by atoms with E-state index >= 15 is 0 Å². The number of rotatable bonds is 0. The summed E-state index contributed by atoms with van der Waals surface area (Å²) in [5.41, 5.74) is 1.31. The maximum atomic E-state index is 12.3. The highest BCUT2D eigenvalue weighted by Crippen LogP contribution is 2.48. The van der Waals surface area contributed by atoms with Crippen LogP contribution in [0.5, 0.6) is 0 Å². The van der Waals surface area contributed by atoms with Crippen LogP contribution in [0.1, 0.15) is 26.2 Å². The van der Waals surface area contributed by atoms with Crippen LogP contribution in [0.15, 0.2) is 15.5 Å². The van der Waals surface area contributed by atoms with Crippen LogP contribution in [0.2, 0.25) is 0 Å². The van der Waals surface area contributed by atoms with Crippen molar-refractivity contribution in [3.63, 3.8) is 0 Å². The summed E-state index contributed by atoms with van der Waals surface area (Å²) in [6, 6.07) is 0. The van der Waals surface area contributed by atoms with Crippen molar-refractivity contribution in [1.29, 1.82) is 0 Å². The molecule has 0 N–H and O–H groups in total. The zero-order valence-electron chi connectivity index (χ0n) is 9.90. The largest absolute Gasteiger partial charge is 0.290 e. The average molecular weight is 266 g/mol. The van der Waals surface area contributed by atoms with Gasteiger partial charge in [-0.1, -0.05) is 18.7 Å². The van der Waals surface area contributed by atoms with Crippen LogP contribution in [-0.4, -0.2) is 28.0 Å². The highest BCUT2D eigenvalue weighted by Gasteiger charge is 2.43. The van der Waals surface area contributed by atoms with Crippen LogP contribution in [0.3, 0.4) is 0 Å². The minimum atomic E-state index is -0.112. The van der Waals surface area contributed by atoms with Crippen LogP contribution in [0.4, 0.5) is 0 Å². The van der Waals surface area contributed by atoms with Crippen molar-refractivity contribution in [2.75, 3.05) is 7.05 Å². The first-order valence-corrected chi connectivity index (χ1v) is 7.10. The molecule has 0 saturated heterocycles. The molecule has 5 heteroatoms. The average Bonchev–Trinajstić information content (AvgIpc) is 2.63. The topological polar surface area (TPSA) is 32.7 Å². The lowest BCUT2D eigenvalue weighted by atomic mass is 9.84. The van der Waals surface area contributed by atoms with E-state index in [0.717, 1.165) is 23.8 Å². The predicted octanol–water partition coefficient (Wildman–Crippen LogP) is 2.58. The molecule has 0 aromatic rings. The molecule has 0 radical (unpaired) electrons. The van der Waals surface area contributed by atoms with Gasteiger partial charge in [0, 0.05) is 7.05 Å². The molecule has 3 nitrogen and oxygen atoms in total. The molecular formula is C12H14N2OS2. The summed E-state index contributed by atoms with van der Waals surface area (Å²) < 4.78 is 0. The van der Waals surface area contributed by atoms with E-state index in [4.69, 9.17) is 12.2 Å². The fraction of sp³-hybridized carbons (Fsp3) is 0.583.